The van der Waals surface area contributed by atoms with Gasteiger partial charge in [0.15, 0.2) is 6.61 Å². The molecule has 20 heavy (non-hydrogen) atoms. The summed E-state index contributed by atoms with van der Waals surface area (Å²) in [6.45, 7) is 0.0353. The molecule has 4 N–H and O–H groups in total. The Morgan fingerprint density at radius 1 is 1.45 bits per heavy atom. The molecule has 0 radical (unpaired) electrons. The first-order chi connectivity index (χ1) is 9.67. The van der Waals surface area contributed by atoms with E-state index in [1.807, 2.05) is 6.07 Å². The van der Waals surface area contributed by atoms with Crippen molar-refractivity contribution in [2.24, 2.45) is 0 Å². The van der Waals surface area contributed by atoms with Gasteiger partial charge in [0.25, 0.3) is 5.91 Å². The lowest BCUT2D eigenvalue weighted by molar-refractivity contribution is -0.118. The van der Waals surface area contributed by atoms with Crippen LogP contribution in [0, 0.1) is 0 Å². The Labute approximate surface area is 117 Å². The van der Waals surface area contributed by atoms with Crippen LogP contribution in [0.5, 0.6) is 5.75 Å². The number of amides is 1. The average Bonchev–Trinajstić information content (AvgIpc) is 2.87. The SMILES string of the molecule is COC1CCCC1Nc1cc2c(cc1N)OCC(=O)N2. The zero-order valence-electron chi connectivity index (χ0n) is 11.4. The number of nitrogens with one attached hydrogen (secondary N) is 2. The molecule has 2 aliphatic rings. The number of nitrogen functional groups attached to an aromatic ring is 1. The lowest BCUT2D eigenvalue weighted by Crippen LogP contribution is -2.30. The smallest absolute Gasteiger partial charge is 0.262 e. The van der Waals surface area contributed by atoms with Gasteiger partial charge in [-0.25, -0.2) is 0 Å². The molecule has 1 aromatic rings. The van der Waals surface area contributed by atoms with E-state index in [0.717, 1.165) is 24.9 Å². The predicted molar refractivity (Wildman–Crippen MR) is 77.0 cm³/mol. The van der Waals surface area contributed by atoms with Gasteiger partial charge in [-0.05, 0) is 25.3 Å². The van der Waals surface area contributed by atoms with E-state index in [2.05, 4.69) is 10.6 Å². The van der Waals surface area contributed by atoms with Crippen LogP contribution in [0.15, 0.2) is 12.1 Å². The number of benzene rings is 1. The molecule has 1 aromatic carbocycles. The monoisotopic (exact) mass is 277 g/mol. The number of methoxy groups -OCH3 is 1. The Morgan fingerprint density at radius 3 is 3.10 bits per heavy atom. The van der Waals surface area contributed by atoms with E-state index < -0.39 is 0 Å². The highest BCUT2D eigenvalue weighted by atomic mass is 16.5. The molecule has 0 spiro atoms. The predicted octanol–water partition coefficient (Wildman–Crippen LogP) is 1.58. The summed E-state index contributed by atoms with van der Waals surface area (Å²) in [6.07, 6.45) is 3.45. The van der Waals surface area contributed by atoms with Gasteiger partial charge in [0, 0.05) is 13.2 Å². The van der Waals surface area contributed by atoms with Crippen molar-refractivity contribution in [2.75, 3.05) is 30.1 Å². The van der Waals surface area contributed by atoms with E-state index >= 15 is 0 Å². The highest BCUT2D eigenvalue weighted by Gasteiger charge is 2.28. The summed E-state index contributed by atoms with van der Waals surface area (Å²) in [7, 11) is 1.73. The number of nitrogens with two attached hydrogens (primary N) is 1. The fraction of sp³-hybridized carbons (Fsp3) is 0.500. The minimum atomic E-state index is -0.149. The van der Waals surface area contributed by atoms with Gasteiger partial charge in [-0.15, -0.1) is 0 Å². The number of hydrogen-bond acceptors (Lipinski definition) is 5. The summed E-state index contributed by atoms with van der Waals surface area (Å²) >= 11 is 0. The van der Waals surface area contributed by atoms with Crippen molar-refractivity contribution in [3.8, 4) is 5.75 Å². The first-order valence-corrected chi connectivity index (χ1v) is 6.83. The first-order valence-electron chi connectivity index (χ1n) is 6.83. The lowest BCUT2D eigenvalue weighted by Gasteiger charge is -2.24. The standard InChI is InChI=1S/C14H19N3O3/c1-19-12-4-2-3-9(12)16-10-6-11-13(5-8(10)15)20-7-14(18)17-11/h5-6,9,12,16H,2-4,7,15H2,1H3,(H,17,18). The summed E-state index contributed by atoms with van der Waals surface area (Å²) in [5.41, 5.74) is 8.13. The minimum Gasteiger partial charge on any atom is -0.482 e. The third-order valence-corrected chi connectivity index (χ3v) is 3.88. The van der Waals surface area contributed by atoms with Crippen molar-refractivity contribution in [3.63, 3.8) is 0 Å². The molecule has 3 rings (SSSR count). The van der Waals surface area contributed by atoms with E-state index in [9.17, 15) is 4.79 Å². The van der Waals surface area contributed by atoms with Crippen LogP contribution in [-0.4, -0.2) is 31.8 Å². The molecule has 2 atom stereocenters. The lowest BCUT2D eigenvalue weighted by atomic mass is 10.1. The molecule has 6 heteroatoms. The first kappa shape index (κ1) is 13.1. The molecule has 108 valence electrons. The summed E-state index contributed by atoms with van der Waals surface area (Å²) in [5, 5.41) is 6.21. The Bertz CT molecular complexity index is 533. The van der Waals surface area contributed by atoms with E-state index in [0.29, 0.717) is 17.1 Å². The molecule has 6 nitrogen and oxygen atoms in total. The number of carbonyl (C=O) groups is 1. The zero-order valence-corrected chi connectivity index (χ0v) is 11.4. The third-order valence-electron chi connectivity index (χ3n) is 3.88. The quantitative estimate of drug-likeness (QED) is 0.730. The number of rotatable bonds is 3. The van der Waals surface area contributed by atoms with Gasteiger partial charge in [-0.1, -0.05) is 0 Å². The molecule has 1 heterocycles. The molecule has 0 aromatic heterocycles. The normalized spacial score (nSPS) is 24.8. The number of ether oxygens (including phenoxy) is 2. The van der Waals surface area contributed by atoms with Crippen molar-refractivity contribution < 1.29 is 14.3 Å². The van der Waals surface area contributed by atoms with E-state index in [-0.39, 0.29) is 24.7 Å². The summed E-state index contributed by atoms with van der Waals surface area (Å²) in [6, 6.07) is 3.82. The van der Waals surface area contributed by atoms with Gasteiger partial charge < -0.3 is 25.8 Å². The maximum atomic E-state index is 11.4. The minimum absolute atomic E-state index is 0.0353. The van der Waals surface area contributed by atoms with Crippen molar-refractivity contribution in [1.29, 1.82) is 0 Å². The van der Waals surface area contributed by atoms with Crippen molar-refractivity contribution in [1.82, 2.24) is 0 Å². The van der Waals surface area contributed by atoms with Crippen molar-refractivity contribution >= 4 is 23.0 Å². The largest absolute Gasteiger partial charge is 0.482 e. The van der Waals surface area contributed by atoms with Crippen LogP contribution in [0.1, 0.15) is 19.3 Å². The second kappa shape index (κ2) is 5.20. The number of anilines is 3. The molecule has 1 aliphatic heterocycles. The molecule has 0 bridgehead atoms. The van der Waals surface area contributed by atoms with Gasteiger partial charge >= 0.3 is 0 Å². The van der Waals surface area contributed by atoms with Gasteiger partial charge in [0.05, 0.1) is 29.2 Å². The van der Waals surface area contributed by atoms with Crippen LogP contribution in [0.2, 0.25) is 0 Å². The summed E-state index contributed by atoms with van der Waals surface area (Å²) < 4.78 is 10.8. The zero-order chi connectivity index (χ0) is 14.1. The maximum absolute atomic E-state index is 11.4. The Hall–Kier alpha value is -1.95. The van der Waals surface area contributed by atoms with Crippen molar-refractivity contribution in [2.45, 2.75) is 31.4 Å². The maximum Gasteiger partial charge on any atom is 0.262 e. The second-order valence-electron chi connectivity index (χ2n) is 5.23. The number of hydrogen-bond donors (Lipinski definition) is 3. The molecule has 1 aliphatic carbocycles. The fourth-order valence-corrected chi connectivity index (χ4v) is 2.84. The van der Waals surface area contributed by atoms with Crippen LogP contribution >= 0.6 is 0 Å². The van der Waals surface area contributed by atoms with Gasteiger partial charge in [0.2, 0.25) is 0 Å². The highest BCUT2D eigenvalue weighted by Crippen LogP contribution is 2.36. The molecule has 1 saturated carbocycles. The highest BCUT2D eigenvalue weighted by molar-refractivity contribution is 5.97. The number of carbonyl (C=O) groups excluding carboxylic acids is 1. The van der Waals surface area contributed by atoms with Crippen LogP contribution < -0.4 is 21.1 Å². The summed E-state index contributed by atoms with van der Waals surface area (Å²) in [5.74, 6) is 0.464. The summed E-state index contributed by atoms with van der Waals surface area (Å²) in [4.78, 5) is 11.4. The van der Waals surface area contributed by atoms with Crippen LogP contribution in [0.4, 0.5) is 17.1 Å². The molecular formula is C14H19N3O3. The Balaban J connectivity index is 1.83. The van der Waals surface area contributed by atoms with Gasteiger partial charge in [-0.2, -0.15) is 0 Å². The van der Waals surface area contributed by atoms with Crippen LogP contribution in [-0.2, 0) is 9.53 Å². The molecule has 1 amide bonds. The average molecular weight is 277 g/mol. The van der Waals surface area contributed by atoms with E-state index in [4.69, 9.17) is 15.2 Å². The van der Waals surface area contributed by atoms with E-state index in [1.54, 1.807) is 13.2 Å². The molecular weight excluding hydrogens is 258 g/mol. The number of fused-ring (bicyclic) bond motifs is 1. The third kappa shape index (κ3) is 2.38. The van der Waals surface area contributed by atoms with Crippen LogP contribution in [0.25, 0.3) is 0 Å². The second-order valence-corrected chi connectivity index (χ2v) is 5.23. The van der Waals surface area contributed by atoms with E-state index in [1.165, 1.54) is 0 Å². The van der Waals surface area contributed by atoms with Crippen LogP contribution in [0.3, 0.4) is 0 Å². The molecule has 2 unspecified atom stereocenters. The molecule has 0 saturated heterocycles. The van der Waals surface area contributed by atoms with Gasteiger partial charge in [0.1, 0.15) is 5.75 Å². The fourth-order valence-electron chi connectivity index (χ4n) is 2.84. The van der Waals surface area contributed by atoms with Gasteiger partial charge in [-0.3, -0.25) is 4.79 Å². The molecule has 1 fully saturated rings. The Morgan fingerprint density at radius 2 is 2.30 bits per heavy atom. The Kier molecular flexibility index (Phi) is 3.40. The van der Waals surface area contributed by atoms with Crippen molar-refractivity contribution in [3.05, 3.63) is 12.1 Å². The topological polar surface area (TPSA) is 85.6 Å².